The second-order valence-electron chi connectivity index (χ2n) is 4.38. The summed E-state index contributed by atoms with van der Waals surface area (Å²) in [7, 11) is 1.62. The first-order valence-corrected chi connectivity index (χ1v) is 6.19. The average molecular weight is 214 g/mol. The van der Waals surface area contributed by atoms with Gasteiger partial charge in [0.1, 0.15) is 5.60 Å². The normalized spacial score (nSPS) is 14.9. The quantitative estimate of drug-likeness (QED) is 0.547. The second-order valence-corrected chi connectivity index (χ2v) is 4.38. The lowest BCUT2D eigenvalue weighted by atomic mass is 9.93. The van der Waals surface area contributed by atoms with Crippen LogP contribution in [0.1, 0.15) is 65.7 Å². The molecule has 0 aromatic heterocycles. The summed E-state index contributed by atoms with van der Waals surface area (Å²) in [6.07, 6.45) is 7.39. The molecular weight excluding hydrogens is 188 g/mol. The molecule has 0 aromatic rings. The lowest BCUT2D eigenvalue weighted by Gasteiger charge is -2.24. The molecule has 15 heavy (non-hydrogen) atoms. The van der Waals surface area contributed by atoms with Gasteiger partial charge in [0.25, 0.3) is 0 Å². The van der Waals surface area contributed by atoms with E-state index in [-0.39, 0.29) is 5.78 Å². The van der Waals surface area contributed by atoms with Crippen molar-refractivity contribution in [3.05, 3.63) is 0 Å². The number of rotatable bonds is 9. The Kier molecular flexibility index (Phi) is 7.67. The molecule has 0 amide bonds. The van der Waals surface area contributed by atoms with Gasteiger partial charge in [0.05, 0.1) is 0 Å². The number of unbranched alkanes of at least 4 members (excludes halogenated alkanes) is 4. The second kappa shape index (κ2) is 7.86. The van der Waals surface area contributed by atoms with Crippen LogP contribution in [0.3, 0.4) is 0 Å². The number of methoxy groups -OCH3 is 1. The van der Waals surface area contributed by atoms with Crippen molar-refractivity contribution in [2.75, 3.05) is 7.11 Å². The number of carbonyl (C=O) groups is 1. The van der Waals surface area contributed by atoms with Gasteiger partial charge in [-0.2, -0.15) is 0 Å². The zero-order chi connectivity index (χ0) is 11.7. The fraction of sp³-hybridized carbons (Fsp3) is 0.923. The third kappa shape index (κ3) is 5.31. The van der Waals surface area contributed by atoms with E-state index in [1.54, 1.807) is 7.11 Å². The highest BCUT2D eigenvalue weighted by atomic mass is 16.5. The van der Waals surface area contributed by atoms with E-state index in [1.165, 1.54) is 25.7 Å². The predicted octanol–water partition coefficient (Wildman–Crippen LogP) is 3.73. The topological polar surface area (TPSA) is 26.3 Å². The van der Waals surface area contributed by atoms with Crippen LogP contribution in [0.4, 0.5) is 0 Å². The zero-order valence-corrected chi connectivity index (χ0v) is 10.8. The molecule has 0 aliphatic rings. The molecule has 2 heteroatoms. The molecule has 0 fully saturated rings. The highest BCUT2D eigenvalue weighted by molar-refractivity contribution is 5.86. The molecule has 0 bridgehead atoms. The molecule has 1 unspecified atom stereocenters. The summed E-state index contributed by atoms with van der Waals surface area (Å²) >= 11 is 0. The van der Waals surface area contributed by atoms with Gasteiger partial charge < -0.3 is 4.74 Å². The van der Waals surface area contributed by atoms with E-state index in [1.807, 2.05) is 13.8 Å². The Morgan fingerprint density at radius 2 is 1.73 bits per heavy atom. The summed E-state index contributed by atoms with van der Waals surface area (Å²) in [5.41, 5.74) is -0.551. The van der Waals surface area contributed by atoms with E-state index in [0.717, 1.165) is 12.8 Å². The molecule has 0 saturated heterocycles. The van der Waals surface area contributed by atoms with Crippen LogP contribution in [-0.2, 0) is 9.53 Å². The maximum atomic E-state index is 11.8. The number of ketones is 1. The molecule has 1 atom stereocenters. The van der Waals surface area contributed by atoms with Gasteiger partial charge in [0.15, 0.2) is 5.78 Å². The Labute approximate surface area is 94.4 Å². The lowest BCUT2D eigenvalue weighted by molar-refractivity contribution is -0.139. The summed E-state index contributed by atoms with van der Waals surface area (Å²) in [5.74, 6) is 0.254. The smallest absolute Gasteiger partial charge is 0.164 e. The van der Waals surface area contributed by atoms with Crippen LogP contribution < -0.4 is 0 Å². The first kappa shape index (κ1) is 14.6. The average Bonchev–Trinajstić information content (AvgIpc) is 2.27. The van der Waals surface area contributed by atoms with Crippen LogP contribution in [0, 0.1) is 0 Å². The van der Waals surface area contributed by atoms with Crippen molar-refractivity contribution in [3.63, 3.8) is 0 Å². The van der Waals surface area contributed by atoms with Crippen LogP contribution in [0.25, 0.3) is 0 Å². The Bertz CT molecular complexity index is 171. The van der Waals surface area contributed by atoms with Gasteiger partial charge in [-0.1, -0.05) is 39.5 Å². The van der Waals surface area contributed by atoms with Gasteiger partial charge in [-0.25, -0.2) is 0 Å². The Balaban J connectivity index is 3.73. The molecular formula is C13H26O2. The fourth-order valence-corrected chi connectivity index (χ4v) is 1.61. The van der Waals surface area contributed by atoms with E-state index in [0.29, 0.717) is 6.42 Å². The molecule has 0 radical (unpaired) electrons. The summed E-state index contributed by atoms with van der Waals surface area (Å²) in [6.45, 7) is 6.09. The van der Waals surface area contributed by atoms with Gasteiger partial charge in [-0.3, -0.25) is 4.79 Å². The van der Waals surface area contributed by atoms with Crippen molar-refractivity contribution < 1.29 is 9.53 Å². The Morgan fingerprint density at radius 3 is 2.20 bits per heavy atom. The maximum Gasteiger partial charge on any atom is 0.164 e. The molecule has 0 heterocycles. The standard InChI is InChI=1S/C13H26O2/c1-5-7-8-9-10-11-12(14)13(3,6-2)15-4/h5-11H2,1-4H3. The van der Waals surface area contributed by atoms with Crippen LogP contribution in [-0.4, -0.2) is 18.5 Å². The van der Waals surface area contributed by atoms with Crippen molar-refractivity contribution in [1.29, 1.82) is 0 Å². The molecule has 0 rings (SSSR count). The summed E-state index contributed by atoms with van der Waals surface area (Å²) in [4.78, 5) is 11.8. The molecule has 0 N–H and O–H groups in total. The third-order valence-corrected chi connectivity index (χ3v) is 3.22. The van der Waals surface area contributed by atoms with Crippen LogP contribution in [0.5, 0.6) is 0 Å². The van der Waals surface area contributed by atoms with Crippen LogP contribution >= 0.6 is 0 Å². The number of ether oxygens (including phenoxy) is 1. The van der Waals surface area contributed by atoms with Gasteiger partial charge in [0.2, 0.25) is 0 Å². The van der Waals surface area contributed by atoms with Crippen molar-refractivity contribution in [1.82, 2.24) is 0 Å². The Hall–Kier alpha value is -0.370. The molecule has 0 aliphatic heterocycles. The van der Waals surface area contributed by atoms with Gasteiger partial charge in [-0.05, 0) is 19.8 Å². The minimum atomic E-state index is -0.551. The van der Waals surface area contributed by atoms with Crippen molar-refractivity contribution in [2.24, 2.45) is 0 Å². The third-order valence-electron chi connectivity index (χ3n) is 3.22. The summed E-state index contributed by atoms with van der Waals surface area (Å²) in [5, 5.41) is 0. The summed E-state index contributed by atoms with van der Waals surface area (Å²) < 4.78 is 5.28. The molecule has 0 saturated carbocycles. The predicted molar refractivity (Wildman–Crippen MR) is 64.1 cm³/mol. The van der Waals surface area contributed by atoms with Crippen LogP contribution in [0.2, 0.25) is 0 Å². The van der Waals surface area contributed by atoms with Gasteiger partial charge in [0, 0.05) is 13.5 Å². The lowest BCUT2D eigenvalue weighted by Crippen LogP contribution is -2.36. The highest BCUT2D eigenvalue weighted by Gasteiger charge is 2.29. The first-order valence-electron chi connectivity index (χ1n) is 6.19. The molecule has 2 nitrogen and oxygen atoms in total. The number of Topliss-reactive ketones (excluding diaryl/α,β-unsaturated/α-hetero) is 1. The van der Waals surface area contributed by atoms with Gasteiger partial charge >= 0.3 is 0 Å². The molecule has 0 aliphatic carbocycles. The van der Waals surface area contributed by atoms with E-state index < -0.39 is 5.60 Å². The van der Waals surface area contributed by atoms with Crippen molar-refractivity contribution >= 4 is 5.78 Å². The first-order chi connectivity index (χ1) is 7.10. The van der Waals surface area contributed by atoms with E-state index >= 15 is 0 Å². The van der Waals surface area contributed by atoms with Crippen molar-refractivity contribution in [2.45, 2.75) is 71.3 Å². The number of hydrogen-bond acceptors (Lipinski definition) is 2. The Morgan fingerprint density at radius 1 is 1.13 bits per heavy atom. The number of hydrogen-bond donors (Lipinski definition) is 0. The molecule has 0 spiro atoms. The monoisotopic (exact) mass is 214 g/mol. The summed E-state index contributed by atoms with van der Waals surface area (Å²) in [6, 6.07) is 0. The molecule has 0 aromatic carbocycles. The SMILES string of the molecule is CCCCCCCC(=O)C(C)(CC)OC. The maximum absolute atomic E-state index is 11.8. The van der Waals surface area contributed by atoms with E-state index in [4.69, 9.17) is 4.74 Å². The van der Waals surface area contributed by atoms with E-state index in [2.05, 4.69) is 6.92 Å². The highest BCUT2D eigenvalue weighted by Crippen LogP contribution is 2.19. The van der Waals surface area contributed by atoms with Crippen molar-refractivity contribution in [3.8, 4) is 0 Å². The minimum absolute atomic E-state index is 0.254. The largest absolute Gasteiger partial charge is 0.371 e. The van der Waals surface area contributed by atoms with E-state index in [9.17, 15) is 4.79 Å². The zero-order valence-electron chi connectivity index (χ0n) is 10.8. The number of carbonyl (C=O) groups excluding carboxylic acids is 1. The van der Waals surface area contributed by atoms with Gasteiger partial charge in [-0.15, -0.1) is 0 Å². The molecule has 90 valence electrons. The fourth-order valence-electron chi connectivity index (χ4n) is 1.61. The minimum Gasteiger partial charge on any atom is -0.371 e. The van der Waals surface area contributed by atoms with Crippen LogP contribution in [0.15, 0.2) is 0 Å².